The summed E-state index contributed by atoms with van der Waals surface area (Å²) in [5, 5.41) is 7.00. The Kier molecular flexibility index (Phi) is 4.68. The van der Waals surface area contributed by atoms with Gasteiger partial charge in [0.25, 0.3) is 0 Å². The van der Waals surface area contributed by atoms with Gasteiger partial charge in [0.15, 0.2) is 0 Å². The van der Waals surface area contributed by atoms with Gasteiger partial charge in [0.2, 0.25) is 5.91 Å². The van der Waals surface area contributed by atoms with E-state index in [1.54, 1.807) is 18.3 Å². The zero-order valence-electron chi connectivity index (χ0n) is 6.19. The summed E-state index contributed by atoms with van der Waals surface area (Å²) < 4.78 is 0. The number of hydrogen-bond acceptors (Lipinski definition) is 3. The van der Waals surface area contributed by atoms with Crippen molar-refractivity contribution in [2.45, 2.75) is 0 Å². The minimum absolute atomic E-state index is 0.442. The third-order valence-corrected chi connectivity index (χ3v) is 0.946. The normalized spacial score (nSPS) is 7.82. The number of primary amides is 1. The van der Waals surface area contributed by atoms with Gasteiger partial charge in [-0.3, -0.25) is 9.78 Å². The molecule has 1 aromatic rings. The van der Waals surface area contributed by atoms with E-state index in [0.29, 0.717) is 5.56 Å². The third kappa shape index (κ3) is 3.32. The quantitative estimate of drug-likeness (QED) is 0.587. The molecule has 4 nitrogen and oxygen atoms in total. The highest BCUT2D eigenvalue weighted by atomic mass is 16.2. The van der Waals surface area contributed by atoms with Crippen molar-refractivity contribution in [3.05, 3.63) is 30.1 Å². The lowest BCUT2D eigenvalue weighted by molar-refractivity contribution is 0.1000. The van der Waals surface area contributed by atoms with Crippen molar-refractivity contribution >= 4 is 5.91 Å². The lowest BCUT2D eigenvalue weighted by atomic mass is 10.3. The largest absolute Gasteiger partial charge is 0.400 e. The summed E-state index contributed by atoms with van der Waals surface area (Å²) in [6, 6.07) is 3.29. The number of amides is 1. The van der Waals surface area contributed by atoms with Gasteiger partial charge in [-0.2, -0.15) is 0 Å². The fraction of sp³-hybridized carbons (Fsp3) is 0.143. The zero-order valence-corrected chi connectivity index (χ0v) is 6.19. The molecule has 11 heavy (non-hydrogen) atoms. The van der Waals surface area contributed by atoms with Crippen LogP contribution in [0, 0.1) is 0 Å². The Morgan fingerprint density at radius 1 is 1.64 bits per heavy atom. The van der Waals surface area contributed by atoms with Crippen LogP contribution in [0.15, 0.2) is 24.5 Å². The lowest BCUT2D eigenvalue weighted by Crippen LogP contribution is -2.10. The second-order valence-electron chi connectivity index (χ2n) is 1.61. The van der Waals surface area contributed by atoms with E-state index in [9.17, 15) is 4.79 Å². The molecule has 0 spiro atoms. The SMILES string of the molecule is CO.NC(=O)c1cccnc1. The van der Waals surface area contributed by atoms with Crippen LogP contribution in [0.5, 0.6) is 0 Å². The molecule has 1 heterocycles. The molecule has 0 atom stereocenters. The standard InChI is InChI=1S/C6H6N2O.CH4O/c7-6(9)5-2-1-3-8-4-5;1-2/h1-4H,(H2,7,9);2H,1H3. The molecule has 0 aliphatic rings. The molecule has 0 unspecified atom stereocenters. The van der Waals surface area contributed by atoms with Crippen LogP contribution in [0.2, 0.25) is 0 Å². The molecule has 0 aliphatic heterocycles. The molecule has 1 amide bonds. The number of nitrogens with zero attached hydrogens (tertiary/aromatic N) is 1. The maximum Gasteiger partial charge on any atom is 0.250 e. The molecule has 1 rings (SSSR count). The molecule has 3 N–H and O–H groups in total. The van der Waals surface area contributed by atoms with Gasteiger partial charge < -0.3 is 10.8 Å². The monoisotopic (exact) mass is 154 g/mol. The molecule has 0 aromatic carbocycles. The van der Waals surface area contributed by atoms with Crippen molar-refractivity contribution < 1.29 is 9.90 Å². The first kappa shape index (κ1) is 9.58. The molecule has 0 bridgehead atoms. The van der Waals surface area contributed by atoms with Gasteiger partial charge in [0.05, 0.1) is 5.56 Å². The van der Waals surface area contributed by atoms with Crippen molar-refractivity contribution in [1.29, 1.82) is 0 Å². The van der Waals surface area contributed by atoms with Gasteiger partial charge in [-0.05, 0) is 12.1 Å². The van der Waals surface area contributed by atoms with Gasteiger partial charge >= 0.3 is 0 Å². The Morgan fingerprint density at radius 3 is 2.55 bits per heavy atom. The number of carbonyl (C=O) groups excluding carboxylic acids is 1. The molecule has 0 saturated carbocycles. The highest BCUT2D eigenvalue weighted by molar-refractivity contribution is 5.92. The first-order valence-corrected chi connectivity index (χ1v) is 2.95. The molecule has 0 aliphatic carbocycles. The number of carbonyl (C=O) groups is 1. The summed E-state index contributed by atoms with van der Waals surface area (Å²) in [7, 11) is 1.00. The van der Waals surface area contributed by atoms with Crippen LogP contribution in [0.1, 0.15) is 10.4 Å². The van der Waals surface area contributed by atoms with Gasteiger partial charge in [0, 0.05) is 19.5 Å². The maximum atomic E-state index is 10.4. The number of rotatable bonds is 1. The Bertz CT molecular complexity index is 211. The van der Waals surface area contributed by atoms with E-state index in [4.69, 9.17) is 10.8 Å². The van der Waals surface area contributed by atoms with Crippen molar-refractivity contribution in [3.8, 4) is 0 Å². The van der Waals surface area contributed by atoms with E-state index in [2.05, 4.69) is 4.98 Å². The number of pyridine rings is 1. The third-order valence-electron chi connectivity index (χ3n) is 0.946. The average molecular weight is 154 g/mol. The van der Waals surface area contributed by atoms with E-state index >= 15 is 0 Å². The van der Waals surface area contributed by atoms with Gasteiger partial charge in [-0.25, -0.2) is 0 Å². The number of hydrogen-bond donors (Lipinski definition) is 2. The smallest absolute Gasteiger partial charge is 0.250 e. The van der Waals surface area contributed by atoms with Crippen LogP contribution in [-0.2, 0) is 0 Å². The highest BCUT2D eigenvalue weighted by Gasteiger charge is 1.94. The predicted molar refractivity (Wildman–Crippen MR) is 40.9 cm³/mol. The van der Waals surface area contributed by atoms with Crippen molar-refractivity contribution in [1.82, 2.24) is 4.98 Å². The first-order valence-electron chi connectivity index (χ1n) is 2.95. The molecule has 60 valence electrons. The summed E-state index contributed by atoms with van der Waals surface area (Å²) in [4.78, 5) is 14.1. The van der Waals surface area contributed by atoms with Crippen molar-refractivity contribution in [3.63, 3.8) is 0 Å². The van der Waals surface area contributed by atoms with Crippen molar-refractivity contribution in [2.24, 2.45) is 5.73 Å². The van der Waals surface area contributed by atoms with E-state index in [1.807, 2.05) is 0 Å². The number of aliphatic hydroxyl groups is 1. The zero-order chi connectivity index (χ0) is 8.69. The molecule has 0 saturated heterocycles. The van der Waals surface area contributed by atoms with Crippen LogP contribution in [0.25, 0.3) is 0 Å². The summed E-state index contributed by atoms with van der Waals surface area (Å²) in [6.07, 6.45) is 3.02. The number of aromatic nitrogens is 1. The molecule has 1 aromatic heterocycles. The van der Waals surface area contributed by atoms with E-state index in [1.165, 1.54) is 6.20 Å². The summed E-state index contributed by atoms with van der Waals surface area (Å²) in [6.45, 7) is 0. The van der Waals surface area contributed by atoms with E-state index < -0.39 is 5.91 Å². The fourth-order valence-electron chi connectivity index (χ4n) is 0.509. The van der Waals surface area contributed by atoms with Crippen LogP contribution in [-0.4, -0.2) is 23.1 Å². The summed E-state index contributed by atoms with van der Waals surface area (Å²) >= 11 is 0. The number of aliphatic hydroxyl groups excluding tert-OH is 1. The van der Waals surface area contributed by atoms with Gasteiger partial charge in [0.1, 0.15) is 0 Å². The van der Waals surface area contributed by atoms with E-state index in [0.717, 1.165) is 7.11 Å². The molecule has 4 heteroatoms. The highest BCUT2D eigenvalue weighted by Crippen LogP contribution is 1.91. The second kappa shape index (κ2) is 5.37. The van der Waals surface area contributed by atoms with Crippen LogP contribution >= 0.6 is 0 Å². The molecular weight excluding hydrogens is 144 g/mol. The second-order valence-corrected chi connectivity index (χ2v) is 1.61. The van der Waals surface area contributed by atoms with Crippen LogP contribution in [0.3, 0.4) is 0 Å². The Morgan fingerprint density at radius 2 is 2.27 bits per heavy atom. The van der Waals surface area contributed by atoms with E-state index in [-0.39, 0.29) is 0 Å². The Balaban J connectivity index is 0.000000461. The predicted octanol–water partition coefficient (Wildman–Crippen LogP) is -0.211. The lowest BCUT2D eigenvalue weighted by Gasteiger charge is -1.88. The van der Waals surface area contributed by atoms with Crippen LogP contribution < -0.4 is 5.73 Å². The minimum Gasteiger partial charge on any atom is -0.400 e. The van der Waals surface area contributed by atoms with Crippen molar-refractivity contribution in [2.75, 3.05) is 7.11 Å². The average Bonchev–Trinajstić information content (AvgIpc) is 2.10. The maximum absolute atomic E-state index is 10.4. The Hall–Kier alpha value is -1.42. The number of nitrogens with two attached hydrogens (primary N) is 1. The van der Waals surface area contributed by atoms with Crippen LogP contribution in [0.4, 0.5) is 0 Å². The first-order chi connectivity index (χ1) is 5.30. The molecule has 0 fully saturated rings. The fourth-order valence-corrected chi connectivity index (χ4v) is 0.509. The summed E-state index contributed by atoms with van der Waals surface area (Å²) in [5.41, 5.74) is 5.38. The molecular formula is C7H10N2O2. The topological polar surface area (TPSA) is 76.2 Å². The Labute approximate surface area is 64.7 Å². The minimum atomic E-state index is -0.442. The summed E-state index contributed by atoms with van der Waals surface area (Å²) in [5.74, 6) is -0.442. The van der Waals surface area contributed by atoms with Gasteiger partial charge in [-0.15, -0.1) is 0 Å². The molecule has 0 radical (unpaired) electrons. The van der Waals surface area contributed by atoms with Gasteiger partial charge in [-0.1, -0.05) is 0 Å².